The van der Waals surface area contributed by atoms with E-state index in [2.05, 4.69) is 32.8 Å². The van der Waals surface area contributed by atoms with Crippen LogP contribution in [0.1, 0.15) is 19.2 Å². The number of ether oxygens (including phenoxy) is 1. The minimum absolute atomic E-state index is 0.317. The van der Waals surface area contributed by atoms with E-state index in [-0.39, 0.29) is 5.82 Å². The first-order chi connectivity index (χ1) is 9.13. The molecule has 3 nitrogen and oxygen atoms in total. The molecular weight excluding hydrogens is 311 g/mol. The molecule has 0 aliphatic rings. The van der Waals surface area contributed by atoms with Gasteiger partial charge in [-0.05, 0) is 46.6 Å². The highest BCUT2D eigenvalue weighted by molar-refractivity contribution is 9.10. The number of aryl methyl sites for hydroxylation is 1. The smallest absolute Gasteiger partial charge is 0.130 e. The highest BCUT2D eigenvalue weighted by Gasteiger charge is 2.11. The van der Waals surface area contributed by atoms with Crippen molar-refractivity contribution in [2.45, 2.75) is 19.8 Å². The molecule has 0 fully saturated rings. The lowest BCUT2D eigenvalue weighted by Gasteiger charge is -2.09. The standard InChI is InChI=1S/C14H14BrFN2O/c1-3-4-14-17-11(8-13(15)18-14)10-7-9(16)5-6-12(10)19-2/h5-8H,3-4H2,1-2H3. The quantitative estimate of drug-likeness (QED) is 0.797. The molecule has 1 heterocycles. The molecule has 0 atom stereocenters. The molecule has 1 aromatic carbocycles. The molecule has 0 spiro atoms. The van der Waals surface area contributed by atoms with Gasteiger partial charge >= 0.3 is 0 Å². The fourth-order valence-electron chi connectivity index (χ4n) is 1.82. The first-order valence-corrected chi connectivity index (χ1v) is 6.80. The summed E-state index contributed by atoms with van der Waals surface area (Å²) in [6, 6.07) is 6.14. The topological polar surface area (TPSA) is 35.0 Å². The molecule has 0 aliphatic heterocycles. The average molecular weight is 325 g/mol. The van der Waals surface area contributed by atoms with Gasteiger partial charge in [0.15, 0.2) is 0 Å². The van der Waals surface area contributed by atoms with Crippen LogP contribution in [-0.2, 0) is 6.42 Å². The summed E-state index contributed by atoms with van der Waals surface area (Å²) in [5.41, 5.74) is 1.28. The summed E-state index contributed by atoms with van der Waals surface area (Å²) < 4.78 is 19.3. The van der Waals surface area contributed by atoms with Gasteiger partial charge in [-0.1, -0.05) is 6.92 Å². The van der Waals surface area contributed by atoms with E-state index in [0.29, 0.717) is 21.6 Å². The molecule has 0 radical (unpaired) electrons. The van der Waals surface area contributed by atoms with Crippen molar-refractivity contribution in [3.63, 3.8) is 0 Å². The van der Waals surface area contributed by atoms with Gasteiger partial charge in [0.05, 0.1) is 12.8 Å². The Hall–Kier alpha value is -1.49. The van der Waals surface area contributed by atoms with Crippen LogP contribution in [0.15, 0.2) is 28.9 Å². The van der Waals surface area contributed by atoms with Crippen LogP contribution in [-0.4, -0.2) is 17.1 Å². The van der Waals surface area contributed by atoms with E-state index in [9.17, 15) is 4.39 Å². The zero-order valence-corrected chi connectivity index (χ0v) is 12.4. The highest BCUT2D eigenvalue weighted by Crippen LogP contribution is 2.30. The lowest BCUT2D eigenvalue weighted by molar-refractivity contribution is 0.415. The Morgan fingerprint density at radius 3 is 2.74 bits per heavy atom. The summed E-state index contributed by atoms with van der Waals surface area (Å²) >= 11 is 3.36. The molecule has 0 amide bonds. The molecule has 0 aliphatic carbocycles. The molecule has 1 aromatic heterocycles. The van der Waals surface area contributed by atoms with Gasteiger partial charge in [-0.25, -0.2) is 14.4 Å². The molecule has 0 saturated carbocycles. The minimum Gasteiger partial charge on any atom is -0.496 e. The average Bonchev–Trinajstić information content (AvgIpc) is 2.38. The van der Waals surface area contributed by atoms with E-state index in [1.165, 1.54) is 12.1 Å². The van der Waals surface area contributed by atoms with E-state index in [1.54, 1.807) is 19.2 Å². The first kappa shape index (κ1) is 13.9. The number of rotatable bonds is 4. The zero-order chi connectivity index (χ0) is 13.8. The molecule has 5 heteroatoms. The number of halogens is 2. The Labute approximate surface area is 120 Å². The Morgan fingerprint density at radius 2 is 2.05 bits per heavy atom. The maximum absolute atomic E-state index is 13.4. The maximum Gasteiger partial charge on any atom is 0.130 e. The van der Waals surface area contributed by atoms with Gasteiger partial charge in [0.2, 0.25) is 0 Å². The Kier molecular flexibility index (Phi) is 4.47. The lowest BCUT2D eigenvalue weighted by Crippen LogP contribution is -1.98. The summed E-state index contributed by atoms with van der Waals surface area (Å²) in [4.78, 5) is 8.75. The third-order valence-electron chi connectivity index (χ3n) is 2.65. The number of benzene rings is 1. The molecule has 0 bridgehead atoms. The van der Waals surface area contributed by atoms with Gasteiger partial charge in [0.25, 0.3) is 0 Å². The van der Waals surface area contributed by atoms with Crippen molar-refractivity contribution >= 4 is 15.9 Å². The highest BCUT2D eigenvalue weighted by atomic mass is 79.9. The van der Waals surface area contributed by atoms with Crippen LogP contribution in [0.5, 0.6) is 5.75 Å². The maximum atomic E-state index is 13.4. The van der Waals surface area contributed by atoms with Crippen LogP contribution in [0, 0.1) is 5.82 Å². The molecule has 0 unspecified atom stereocenters. The molecule has 2 aromatic rings. The van der Waals surface area contributed by atoms with E-state index in [0.717, 1.165) is 18.7 Å². The van der Waals surface area contributed by atoms with Gasteiger partial charge in [-0.2, -0.15) is 0 Å². The Bertz CT molecular complexity index is 590. The van der Waals surface area contributed by atoms with Crippen LogP contribution in [0.2, 0.25) is 0 Å². The Morgan fingerprint density at radius 1 is 1.26 bits per heavy atom. The van der Waals surface area contributed by atoms with Crippen molar-refractivity contribution in [3.05, 3.63) is 40.5 Å². The third-order valence-corrected chi connectivity index (χ3v) is 3.06. The molecule has 100 valence electrons. The second kappa shape index (κ2) is 6.10. The van der Waals surface area contributed by atoms with Crippen LogP contribution < -0.4 is 4.74 Å². The second-order valence-electron chi connectivity index (χ2n) is 4.09. The summed E-state index contributed by atoms with van der Waals surface area (Å²) in [6.45, 7) is 2.06. The van der Waals surface area contributed by atoms with Crippen LogP contribution in [0.25, 0.3) is 11.3 Å². The summed E-state index contributed by atoms with van der Waals surface area (Å²) in [7, 11) is 1.56. The zero-order valence-electron chi connectivity index (χ0n) is 10.8. The van der Waals surface area contributed by atoms with Crippen molar-refractivity contribution in [3.8, 4) is 17.0 Å². The molecule has 0 saturated heterocycles. The number of nitrogens with zero attached hydrogens (tertiary/aromatic N) is 2. The van der Waals surface area contributed by atoms with Gasteiger partial charge < -0.3 is 4.74 Å². The van der Waals surface area contributed by atoms with Crippen molar-refractivity contribution in [1.29, 1.82) is 0 Å². The molecule has 2 rings (SSSR count). The van der Waals surface area contributed by atoms with Crippen molar-refractivity contribution in [2.24, 2.45) is 0 Å². The fraction of sp³-hybridized carbons (Fsp3) is 0.286. The minimum atomic E-state index is -0.317. The number of aromatic nitrogens is 2. The van der Waals surface area contributed by atoms with Crippen molar-refractivity contribution < 1.29 is 9.13 Å². The lowest BCUT2D eigenvalue weighted by atomic mass is 10.1. The van der Waals surface area contributed by atoms with Gasteiger partial charge in [0.1, 0.15) is 22.0 Å². The van der Waals surface area contributed by atoms with E-state index in [4.69, 9.17) is 4.74 Å². The fourth-order valence-corrected chi connectivity index (χ4v) is 2.24. The van der Waals surface area contributed by atoms with Gasteiger partial charge in [0, 0.05) is 12.0 Å². The van der Waals surface area contributed by atoms with Gasteiger partial charge in [-0.3, -0.25) is 0 Å². The SMILES string of the molecule is CCCc1nc(Br)cc(-c2cc(F)ccc2OC)n1. The summed E-state index contributed by atoms with van der Waals surface area (Å²) in [5, 5.41) is 0. The van der Waals surface area contributed by atoms with Crippen LogP contribution in [0.4, 0.5) is 4.39 Å². The second-order valence-corrected chi connectivity index (χ2v) is 4.90. The van der Waals surface area contributed by atoms with Gasteiger partial charge in [-0.15, -0.1) is 0 Å². The largest absolute Gasteiger partial charge is 0.496 e. The predicted octanol–water partition coefficient (Wildman–Crippen LogP) is 4.01. The number of hydrogen-bond acceptors (Lipinski definition) is 3. The normalized spacial score (nSPS) is 10.5. The predicted molar refractivity (Wildman–Crippen MR) is 75.7 cm³/mol. The summed E-state index contributed by atoms with van der Waals surface area (Å²) in [6.07, 6.45) is 1.74. The summed E-state index contributed by atoms with van der Waals surface area (Å²) in [5.74, 6) is 1.01. The van der Waals surface area contributed by atoms with E-state index >= 15 is 0 Å². The molecule has 19 heavy (non-hydrogen) atoms. The third kappa shape index (κ3) is 3.29. The van der Waals surface area contributed by atoms with Crippen LogP contribution >= 0.6 is 15.9 Å². The monoisotopic (exact) mass is 324 g/mol. The first-order valence-electron chi connectivity index (χ1n) is 6.01. The van der Waals surface area contributed by atoms with E-state index < -0.39 is 0 Å². The van der Waals surface area contributed by atoms with Crippen LogP contribution in [0.3, 0.4) is 0 Å². The van der Waals surface area contributed by atoms with Crippen molar-refractivity contribution in [2.75, 3.05) is 7.11 Å². The Balaban J connectivity index is 2.54. The molecular formula is C14H14BrFN2O. The van der Waals surface area contributed by atoms with Crippen molar-refractivity contribution in [1.82, 2.24) is 9.97 Å². The molecule has 0 N–H and O–H groups in total. The van der Waals surface area contributed by atoms with E-state index in [1.807, 2.05) is 0 Å². The number of methoxy groups -OCH3 is 1. The number of hydrogen-bond donors (Lipinski definition) is 0.